The number of benzene rings is 1. The number of rotatable bonds is 5. The highest BCUT2D eigenvalue weighted by Crippen LogP contribution is 2.20. The third-order valence-electron chi connectivity index (χ3n) is 2.42. The van der Waals surface area contributed by atoms with Crippen LogP contribution in [0.3, 0.4) is 0 Å². The van der Waals surface area contributed by atoms with E-state index in [4.69, 9.17) is 16.9 Å². The molecule has 0 aliphatic heterocycles. The number of nitriles is 1. The SMILES string of the molecule is CN(C)CC(C)(O)CNc1ccc(Cl)cc1C#N. The average Bonchev–Trinajstić information content (AvgIpc) is 2.25. The minimum atomic E-state index is -0.865. The zero-order chi connectivity index (χ0) is 13.8. The molecule has 0 amide bonds. The van der Waals surface area contributed by atoms with Gasteiger partial charge in [-0.05, 0) is 39.2 Å². The van der Waals surface area contributed by atoms with Crippen molar-refractivity contribution in [2.45, 2.75) is 12.5 Å². The van der Waals surface area contributed by atoms with Crippen LogP contribution in [0.4, 0.5) is 5.69 Å². The van der Waals surface area contributed by atoms with Crippen LogP contribution in [0, 0.1) is 11.3 Å². The lowest BCUT2D eigenvalue weighted by Crippen LogP contribution is -2.43. The van der Waals surface area contributed by atoms with E-state index in [1.54, 1.807) is 25.1 Å². The minimum Gasteiger partial charge on any atom is -0.387 e. The summed E-state index contributed by atoms with van der Waals surface area (Å²) in [6.45, 7) is 2.65. The summed E-state index contributed by atoms with van der Waals surface area (Å²) in [5.41, 5.74) is 0.291. The fourth-order valence-corrected chi connectivity index (χ4v) is 1.96. The molecule has 1 unspecified atom stereocenters. The van der Waals surface area contributed by atoms with E-state index in [-0.39, 0.29) is 0 Å². The van der Waals surface area contributed by atoms with Gasteiger partial charge in [0.1, 0.15) is 6.07 Å². The largest absolute Gasteiger partial charge is 0.387 e. The maximum absolute atomic E-state index is 10.2. The van der Waals surface area contributed by atoms with Gasteiger partial charge in [0.25, 0.3) is 0 Å². The molecule has 0 aliphatic rings. The van der Waals surface area contributed by atoms with Crippen molar-refractivity contribution in [2.24, 2.45) is 0 Å². The number of nitrogens with one attached hydrogen (secondary N) is 1. The molecule has 1 rings (SSSR count). The molecule has 0 saturated heterocycles. The van der Waals surface area contributed by atoms with E-state index in [1.165, 1.54) is 0 Å². The molecule has 0 aliphatic carbocycles. The van der Waals surface area contributed by atoms with Crippen LogP contribution in [0.25, 0.3) is 0 Å². The first-order valence-corrected chi connectivity index (χ1v) is 6.02. The first-order chi connectivity index (χ1) is 8.34. The molecule has 0 radical (unpaired) electrons. The van der Waals surface area contributed by atoms with Crippen molar-refractivity contribution in [3.8, 4) is 6.07 Å². The van der Waals surface area contributed by atoms with E-state index in [0.29, 0.717) is 29.4 Å². The van der Waals surface area contributed by atoms with Crippen molar-refractivity contribution >= 4 is 17.3 Å². The molecule has 98 valence electrons. The number of anilines is 1. The number of hydrogen-bond donors (Lipinski definition) is 2. The smallest absolute Gasteiger partial charge is 0.101 e. The Morgan fingerprint density at radius 2 is 2.17 bits per heavy atom. The van der Waals surface area contributed by atoms with Crippen LogP contribution in [0.2, 0.25) is 5.02 Å². The number of halogens is 1. The van der Waals surface area contributed by atoms with Gasteiger partial charge < -0.3 is 15.3 Å². The van der Waals surface area contributed by atoms with Crippen LogP contribution in [0.1, 0.15) is 12.5 Å². The van der Waals surface area contributed by atoms with Gasteiger partial charge in [-0.15, -0.1) is 0 Å². The maximum atomic E-state index is 10.2. The van der Waals surface area contributed by atoms with Crippen LogP contribution < -0.4 is 5.32 Å². The second kappa shape index (κ2) is 6.05. The van der Waals surface area contributed by atoms with Gasteiger partial charge in [0.05, 0.1) is 16.9 Å². The molecule has 4 nitrogen and oxygen atoms in total. The zero-order valence-corrected chi connectivity index (χ0v) is 11.6. The first-order valence-electron chi connectivity index (χ1n) is 5.65. The van der Waals surface area contributed by atoms with E-state index in [2.05, 4.69) is 11.4 Å². The molecule has 2 N–H and O–H groups in total. The summed E-state index contributed by atoms with van der Waals surface area (Å²) in [4.78, 5) is 1.91. The van der Waals surface area contributed by atoms with Crippen molar-refractivity contribution in [2.75, 3.05) is 32.5 Å². The van der Waals surface area contributed by atoms with Gasteiger partial charge >= 0.3 is 0 Å². The molecule has 1 atom stereocenters. The van der Waals surface area contributed by atoms with Crippen molar-refractivity contribution in [1.82, 2.24) is 4.90 Å². The zero-order valence-electron chi connectivity index (χ0n) is 10.9. The number of likely N-dealkylation sites (N-methyl/N-ethyl adjacent to an activating group) is 1. The summed E-state index contributed by atoms with van der Waals surface area (Å²) >= 11 is 5.82. The first kappa shape index (κ1) is 14.8. The molecule has 1 aromatic carbocycles. The molecule has 0 bridgehead atoms. The van der Waals surface area contributed by atoms with Crippen molar-refractivity contribution in [3.05, 3.63) is 28.8 Å². The third-order valence-corrected chi connectivity index (χ3v) is 2.65. The molecule has 0 aromatic heterocycles. The molecular weight excluding hydrogens is 250 g/mol. The van der Waals surface area contributed by atoms with Gasteiger partial charge in [-0.3, -0.25) is 0 Å². The molecule has 0 heterocycles. The third kappa shape index (κ3) is 4.53. The topological polar surface area (TPSA) is 59.3 Å². The quantitative estimate of drug-likeness (QED) is 0.856. The lowest BCUT2D eigenvalue weighted by Gasteiger charge is -2.27. The molecule has 5 heteroatoms. The van der Waals surface area contributed by atoms with Crippen molar-refractivity contribution < 1.29 is 5.11 Å². The molecule has 1 aromatic rings. The second-order valence-corrected chi connectivity index (χ2v) is 5.33. The van der Waals surface area contributed by atoms with Crippen LogP contribution in [-0.2, 0) is 0 Å². The van der Waals surface area contributed by atoms with Crippen LogP contribution in [0.15, 0.2) is 18.2 Å². The lowest BCUT2D eigenvalue weighted by atomic mass is 10.1. The fourth-order valence-electron chi connectivity index (χ4n) is 1.79. The molecule has 18 heavy (non-hydrogen) atoms. The second-order valence-electron chi connectivity index (χ2n) is 4.89. The highest BCUT2D eigenvalue weighted by Gasteiger charge is 2.21. The predicted octanol–water partition coefficient (Wildman–Crippen LogP) is 1.94. The standard InChI is InChI=1S/C13H18ClN3O/c1-13(18,9-17(2)3)8-16-12-5-4-11(14)6-10(12)7-15/h4-6,16,18H,8-9H2,1-3H3. The van der Waals surface area contributed by atoms with Gasteiger partial charge in [0, 0.05) is 18.1 Å². The average molecular weight is 268 g/mol. The summed E-state index contributed by atoms with van der Waals surface area (Å²) < 4.78 is 0. The molecular formula is C13H18ClN3O. The van der Waals surface area contributed by atoms with Gasteiger partial charge in [-0.25, -0.2) is 0 Å². The summed E-state index contributed by atoms with van der Waals surface area (Å²) in [5.74, 6) is 0. The van der Waals surface area contributed by atoms with E-state index in [0.717, 1.165) is 0 Å². The van der Waals surface area contributed by atoms with Gasteiger partial charge in [0.2, 0.25) is 0 Å². The van der Waals surface area contributed by atoms with E-state index in [1.807, 2.05) is 19.0 Å². The normalized spacial score (nSPS) is 14.1. The van der Waals surface area contributed by atoms with E-state index >= 15 is 0 Å². The Labute approximate surface area is 113 Å². The van der Waals surface area contributed by atoms with Crippen LogP contribution in [0.5, 0.6) is 0 Å². The minimum absolute atomic E-state index is 0.363. The monoisotopic (exact) mass is 267 g/mol. The number of aliphatic hydroxyl groups is 1. The highest BCUT2D eigenvalue weighted by atomic mass is 35.5. The molecule has 0 spiro atoms. The van der Waals surface area contributed by atoms with Gasteiger partial charge in [-0.1, -0.05) is 11.6 Å². The van der Waals surface area contributed by atoms with Crippen molar-refractivity contribution in [3.63, 3.8) is 0 Å². The fraction of sp³-hybridized carbons (Fsp3) is 0.462. The summed E-state index contributed by atoms with van der Waals surface area (Å²) in [6.07, 6.45) is 0. The Balaban J connectivity index is 2.72. The molecule has 0 saturated carbocycles. The van der Waals surface area contributed by atoms with E-state index in [9.17, 15) is 5.11 Å². The Kier molecular flexibility index (Phi) is 4.97. The highest BCUT2D eigenvalue weighted by molar-refractivity contribution is 6.30. The summed E-state index contributed by atoms with van der Waals surface area (Å²) in [5, 5.41) is 22.8. The summed E-state index contributed by atoms with van der Waals surface area (Å²) in [7, 11) is 3.80. The van der Waals surface area contributed by atoms with E-state index < -0.39 is 5.60 Å². The Morgan fingerprint density at radius 3 is 2.72 bits per heavy atom. The lowest BCUT2D eigenvalue weighted by molar-refractivity contribution is 0.0460. The Bertz CT molecular complexity index is 452. The summed E-state index contributed by atoms with van der Waals surface area (Å²) in [6, 6.07) is 7.13. The van der Waals surface area contributed by atoms with Crippen LogP contribution in [-0.4, -0.2) is 42.8 Å². The van der Waals surface area contributed by atoms with Crippen molar-refractivity contribution in [1.29, 1.82) is 5.26 Å². The Morgan fingerprint density at radius 1 is 1.50 bits per heavy atom. The number of nitrogens with zero attached hydrogens (tertiary/aromatic N) is 2. The molecule has 0 fully saturated rings. The number of hydrogen-bond acceptors (Lipinski definition) is 4. The Hall–Kier alpha value is -1.28. The maximum Gasteiger partial charge on any atom is 0.101 e. The van der Waals surface area contributed by atoms with Gasteiger partial charge in [0.15, 0.2) is 0 Å². The van der Waals surface area contributed by atoms with Gasteiger partial charge in [-0.2, -0.15) is 5.26 Å². The van der Waals surface area contributed by atoms with Crippen LogP contribution >= 0.6 is 11.6 Å². The predicted molar refractivity (Wildman–Crippen MR) is 73.8 cm³/mol.